The molecule has 0 aromatic heterocycles. The van der Waals surface area contributed by atoms with Gasteiger partial charge in [0.1, 0.15) is 0 Å². The van der Waals surface area contributed by atoms with Gasteiger partial charge in [0.25, 0.3) is 0 Å². The van der Waals surface area contributed by atoms with Crippen LogP contribution in [0.5, 0.6) is 0 Å². The van der Waals surface area contributed by atoms with Gasteiger partial charge in [0.15, 0.2) is 0 Å². The van der Waals surface area contributed by atoms with E-state index in [0.717, 1.165) is 6.42 Å². The summed E-state index contributed by atoms with van der Waals surface area (Å²) in [5.41, 5.74) is 7.13. The number of allylic oxidation sites excluding steroid dienone is 4. The molecule has 3 rings (SSSR count). The number of hydrogen-bond donors (Lipinski definition) is 0. The Labute approximate surface area is 214 Å². The Hall–Kier alpha value is -0.279. The summed E-state index contributed by atoms with van der Waals surface area (Å²) in [5, 5.41) is 4.81. The molecule has 0 radical (unpaired) electrons. The summed E-state index contributed by atoms with van der Waals surface area (Å²) < 4.78 is 1.59. The maximum absolute atomic E-state index is 2.59. The second-order valence-corrected chi connectivity index (χ2v) is 13.3. The average molecular weight is 514 g/mol. The Morgan fingerprint density at radius 1 is 0.767 bits per heavy atom. The SMILES string of the molecule is CCCC1=CC[C]([Ti+3])=C1[Si](C)(c1cc(C)cc(C)c1)c1cc(C)cc(C)c1.[Cl-].[Cl-].[Cl-]. The van der Waals surface area contributed by atoms with Crippen molar-refractivity contribution in [2.24, 2.45) is 0 Å². The van der Waals surface area contributed by atoms with Gasteiger partial charge < -0.3 is 37.2 Å². The van der Waals surface area contributed by atoms with Gasteiger partial charge in [0.2, 0.25) is 0 Å². The summed E-state index contributed by atoms with van der Waals surface area (Å²) in [7, 11) is -2.05. The van der Waals surface area contributed by atoms with Crippen molar-refractivity contribution in [2.75, 3.05) is 0 Å². The van der Waals surface area contributed by atoms with E-state index in [4.69, 9.17) is 0 Å². The van der Waals surface area contributed by atoms with Gasteiger partial charge in [-0.2, -0.15) is 0 Å². The van der Waals surface area contributed by atoms with Gasteiger partial charge in [-0.05, 0) is 0 Å². The Morgan fingerprint density at radius 2 is 1.17 bits per heavy atom. The third kappa shape index (κ3) is 5.94. The maximum atomic E-state index is 2.59. The standard InChI is InChI=1S/C25H31Si.3ClH.Ti/c1-7-9-22-10-8-11-25(22)26(6,23-14-18(2)12-19(3)15-23)24-16-20(4)13-21(5)17-24;;;;/h10,12-17H,7-9H2,1-6H3;3*1H;/q;;;;+3/p-3. The van der Waals surface area contributed by atoms with Crippen LogP contribution in [0, 0.1) is 27.7 Å². The van der Waals surface area contributed by atoms with Crippen molar-refractivity contribution in [3.8, 4) is 0 Å². The van der Waals surface area contributed by atoms with Crippen LogP contribution in [-0.2, 0) is 20.4 Å². The molecule has 0 N–H and O–H groups in total. The van der Waals surface area contributed by atoms with E-state index in [1.165, 1.54) is 35.1 Å². The molecule has 0 fully saturated rings. The molecule has 0 nitrogen and oxygen atoms in total. The molecule has 0 unspecified atom stereocenters. The van der Waals surface area contributed by atoms with Crippen molar-refractivity contribution >= 4 is 18.4 Å². The van der Waals surface area contributed by atoms with Crippen LogP contribution in [0.1, 0.15) is 48.4 Å². The van der Waals surface area contributed by atoms with Gasteiger partial charge in [0, 0.05) is 0 Å². The van der Waals surface area contributed by atoms with Gasteiger partial charge in [-0.15, -0.1) is 0 Å². The van der Waals surface area contributed by atoms with E-state index in [2.05, 4.69) is 104 Å². The van der Waals surface area contributed by atoms with E-state index >= 15 is 0 Å². The van der Waals surface area contributed by atoms with Gasteiger partial charge in [-0.1, -0.05) is 0 Å². The normalized spacial score (nSPS) is 13.3. The summed E-state index contributed by atoms with van der Waals surface area (Å²) in [4.78, 5) is 0. The number of benzene rings is 2. The van der Waals surface area contributed by atoms with E-state index in [1.54, 1.807) is 25.0 Å². The molecule has 2 aromatic carbocycles. The number of rotatable bonds is 5. The van der Waals surface area contributed by atoms with Crippen LogP contribution >= 0.6 is 0 Å². The number of hydrogen-bond acceptors (Lipinski definition) is 0. The molecule has 1 aliphatic carbocycles. The Balaban J connectivity index is 0.00000280. The number of aryl methyl sites for hydroxylation is 4. The third-order valence-electron chi connectivity index (χ3n) is 5.79. The average Bonchev–Trinajstić information content (AvgIpc) is 2.93. The second kappa shape index (κ2) is 12.1. The van der Waals surface area contributed by atoms with Crippen molar-refractivity contribution in [3.63, 3.8) is 0 Å². The van der Waals surface area contributed by atoms with Crippen molar-refractivity contribution in [2.45, 2.75) is 60.4 Å². The van der Waals surface area contributed by atoms with Crippen molar-refractivity contribution in [1.29, 1.82) is 0 Å². The molecule has 5 heteroatoms. The molecule has 0 atom stereocenters. The first-order valence-corrected chi connectivity index (χ1v) is 13.4. The summed E-state index contributed by atoms with van der Waals surface area (Å²) in [6.45, 7) is 13.9. The van der Waals surface area contributed by atoms with E-state index in [0.29, 0.717) is 0 Å². The summed E-state index contributed by atoms with van der Waals surface area (Å²) in [6, 6.07) is 14.4. The minimum atomic E-state index is -2.05. The second-order valence-electron chi connectivity index (χ2n) is 8.41. The van der Waals surface area contributed by atoms with E-state index in [-0.39, 0.29) is 37.2 Å². The molecule has 0 bridgehead atoms. The molecule has 0 heterocycles. The smallest absolute Gasteiger partial charge is 1.00 e. The molecule has 0 saturated heterocycles. The zero-order valence-corrected chi connectivity index (χ0v) is 23.6. The first kappa shape index (κ1) is 29.7. The fraction of sp³-hybridized carbons (Fsp3) is 0.360. The topological polar surface area (TPSA) is 0 Å². The summed E-state index contributed by atoms with van der Waals surface area (Å²) in [6.07, 6.45) is 6.05. The first-order valence-electron chi connectivity index (χ1n) is 10.1. The Kier molecular flexibility index (Phi) is 12.0. The Bertz CT molecular complexity index is 855. The van der Waals surface area contributed by atoms with Crippen molar-refractivity contribution in [3.05, 3.63) is 79.4 Å². The van der Waals surface area contributed by atoms with Crippen LogP contribution in [0.3, 0.4) is 0 Å². The molecule has 1 aliphatic rings. The van der Waals surface area contributed by atoms with E-state index < -0.39 is 8.07 Å². The zero-order chi connectivity index (χ0) is 19.8. The summed E-state index contributed by atoms with van der Waals surface area (Å²) in [5.74, 6) is 0. The molecule has 160 valence electrons. The number of halogens is 3. The fourth-order valence-electron chi connectivity index (χ4n) is 4.72. The quantitative estimate of drug-likeness (QED) is 0.366. The molecule has 0 saturated carbocycles. The largest absolute Gasteiger partial charge is 1.00 e. The maximum Gasteiger partial charge on any atom is -1.00 e. The summed E-state index contributed by atoms with van der Waals surface area (Å²) >= 11 is 2.37. The van der Waals surface area contributed by atoms with Gasteiger partial charge >= 0.3 is 179 Å². The zero-order valence-electron chi connectivity index (χ0n) is 18.8. The third-order valence-corrected chi connectivity index (χ3v) is 11.4. The van der Waals surface area contributed by atoms with Crippen LogP contribution in [-0.4, -0.2) is 8.07 Å². The predicted octanol–water partition coefficient (Wildman–Crippen LogP) is -3.40. The molecule has 0 amide bonds. The predicted molar refractivity (Wildman–Crippen MR) is 117 cm³/mol. The minimum Gasteiger partial charge on any atom is -1.00 e. The van der Waals surface area contributed by atoms with Crippen LogP contribution in [0.4, 0.5) is 0 Å². The van der Waals surface area contributed by atoms with Gasteiger partial charge in [0.05, 0.1) is 0 Å². The Morgan fingerprint density at radius 3 is 1.53 bits per heavy atom. The van der Waals surface area contributed by atoms with Crippen molar-refractivity contribution in [1.82, 2.24) is 0 Å². The van der Waals surface area contributed by atoms with E-state index in [9.17, 15) is 0 Å². The molecule has 0 spiro atoms. The van der Waals surface area contributed by atoms with Crippen molar-refractivity contribution < 1.29 is 57.7 Å². The van der Waals surface area contributed by atoms with Gasteiger partial charge in [-0.25, -0.2) is 0 Å². The molecular weight excluding hydrogens is 483 g/mol. The molecule has 30 heavy (non-hydrogen) atoms. The van der Waals surface area contributed by atoms with Crippen LogP contribution in [0.15, 0.2) is 57.1 Å². The van der Waals surface area contributed by atoms with Crippen LogP contribution in [0.2, 0.25) is 6.55 Å². The molecule has 2 aromatic rings. The van der Waals surface area contributed by atoms with Crippen LogP contribution < -0.4 is 47.6 Å². The van der Waals surface area contributed by atoms with Gasteiger partial charge in [-0.3, -0.25) is 0 Å². The fourth-order valence-corrected chi connectivity index (χ4v) is 10.9. The first-order chi connectivity index (χ1) is 12.8. The molecule has 0 aliphatic heterocycles. The molecular formula is C25H31Cl3SiTi. The monoisotopic (exact) mass is 512 g/mol. The van der Waals surface area contributed by atoms with Crippen LogP contribution in [0.25, 0.3) is 0 Å². The minimum absolute atomic E-state index is 0. The van der Waals surface area contributed by atoms with E-state index in [1.807, 2.05) is 0 Å².